The molecule has 0 aliphatic carbocycles. The molecule has 0 spiro atoms. The lowest BCUT2D eigenvalue weighted by Gasteiger charge is -2.22. The van der Waals surface area contributed by atoms with Crippen molar-refractivity contribution in [3.63, 3.8) is 0 Å². The quantitative estimate of drug-likeness (QED) is 0.502. The Hall–Kier alpha value is -2.35. The topological polar surface area (TPSA) is 46.6 Å². The van der Waals surface area contributed by atoms with Crippen molar-refractivity contribution in [2.45, 2.75) is 26.2 Å². The molecule has 1 amide bonds. The molecular formula is C19H17BrF3NO3. The molecule has 0 N–H and O–H groups in total. The van der Waals surface area contributed by atoms with Crippen LogP contribution in [0.25, 0.3) is 0 Å². The Morgan fingerprint density at radius 2 is 1.67 bits per heavy atom. The normalized spacial score (nSPS) is 11.1. The third-order valence-corrected chi connectivity index (χ3v) is 4.48. The van der Waals surface area contributed by atoms with Gasteiger partial charge in [0.2, 0.25) is 0 Å². The van der Waals surface area contributed by atoms with Crippen LogP contribution in [-0.4, -0.2) is 23.4 Å². The van der Waals surface area contributed by atoms with Crippen molar-refractivity contribution in [1.29, 1.82) is 0 Å². The van der Waals surface area contributed by atoms with E-state index >= 15 is 0 Å². The van der Waals surface area contributed by atoms with Crippen molar-refractivity contribution in [2.24, 2.45) is 0 Å². The van der Waals surface area contributed by atoms with Crippen molar-refractivity contribution in [1.82, 2.24) is 4.90 Å². The lowest BCUT2D eigenvalue weighted by molar-refractivity contribution is -0.160. The van der Waals surface area contributed by atoms with Gasteiger partial charge in [0.25, 0.3) is 0 Å². The van der Waals surface area contributed by atoms with Gasteiger partial charge in [0.05, 0.1) is 12.2 Å². The summed E-state index contributed by atoms with van der Waals surface area (Å²) < 4.78 is 43.6. The van der Waals surface area contributed by atoms with E-state index in [9.17, 15) is 22.8 Å². The summed E-state index contributed by atoms with van der Waals surface area (Å²) in [4.78, 5) is 25.5. The predicted octanol–water partition coefficient (Wildman–Crippen LogP) is 4.56. The maximum Gasteiger partial charge on any atom is 0.416 e. The highest BCUT2D eigenvalue weighted by Crippen LogP contribution is 2.29. The van der Waals surface area contributed by atoms with E-state index in [1.165, 1.54) is 17.0 Å². The first-order valence-electron chi connectivity index (χ1n) is 8.08. The number of rotatable bonds is 5. The van der Waals surface area contributed by atoms with Crippen LogP contribution >= 0.6 is 15.9 Å². The van der Waals surface area contributed by atoms with E-state index in [1.54, 1.807) is 31.2 Å². The zero-order valence-corrected chi connectivity index (χ0v) is 16.0. The smallest absolute Gasteiger partial charge is 0.416 e. The lowest BCUT2D eigenvalue weighted by atomic mass is 10.1. The summed E-state index contributed by atoms with van der Waals surface area (Å²) in [6.07, 6.45) is -4.44. The van der Waals surface area contributed by atoms with Crippen LogP contribution in [-0.2, 0) is 33.6 Å². The van der Waals surface area contributed by atoms with E-state index < -0.39 is 23.6 Å². The summed E-state index contributed by atoms with van der Waals surface area (Å²) in [5.41, 5.74) is 0.440. The van der Waals surface area contributed by atoms with Crippen molar-refractivity contribution in [3.05, 3.63) is 69.7 Å². The zero-order valence-electron chi connectivity index (χ0n) is 14.4. The van der Waals surface area contributed by atoms with Crippen molar-refractivity contribution < 1.29 is 27.5 Å². The first-order chi connectivity index (χ1) is 12.7. The second kappa shape index (κ2) is 9.03. The highest BCUT2D eigenvalue weighted by atomic mass is 79.9. The van der Waals surface area contributed by atoms with Crippen molar-refractivity contribution in [2.75, 3.05) is 6.61 Å². The van der Waals surface area contributed by atoms with Gasteiger partial charge in [0.15, 0.2) is 0 Å². The predicted molar refractivity (Wildman–Crippen MR) is 96.5 cm³/mol. The number of alkyl halides is 3. The summed E-state index contributed by atoms with van der Waals surface area (Å²) in [5.74, 6) is -1.86. The van der Waals surface area contributed by atoms with Gasteiger partial charge >= 0.3 is 18.1 Å². The number of halogens is 4. The highest BCUT2D eigenvalue weighted by molar-refractivity contribution is 9.10. The number of carbonyl (C=O) groups is 2. The molecular weight excluding hydrogens is 427 g/mol. The monoisotopic (exact) mass is 443 g/mol. The van der Waals surface area contributed by atoms with E-state index in [4.69, 9.17) is 4.74 Å². The second-order valence-electron chi connectivity index (χ2n) is 5.67. The minimum absolute atomic E-state index is 0.0306. The summed E-state index contributed by atoms with van der Waals surface area (Å²) in [7, 11) is 0. The molecule has 0 unspecified atom stereocenters. The molecule has 0 aliphatic heterocycles. The Kier molecular flexibility index (Phi) is 7.01. The van der Waals surface area contributed by atoms with Crippen LogP contribution in [0.15, 0.2) is 53.0 Å². The number of amides is 1. The molecule has 2 aromatic rings. The number of nitrogens with zero attached hydrogens (tertiary/aromatic N) is 1. The minimum Gasteiger partial charge on any atom is -0.459 e. The summed E-state index contributed by atoms with van der Waals surface area (Å²) in [6.45, 7) is 1.70. The zero-order chi connectivity index (χ0) is 20.0. The fraction of sp³-hybridized carbons (Fsp3) is 0.263. The summed E-state index contributed by atoms with van der Waals surface area (Å²) >= 11 is 3.38. The Morgan fingerprint density at radius 1 is 1.04 bits per heavy atom. The summed E-state index contributed by atoms with van der Waals surface area (Å²) in [6, 6.07) is 11.6. The Labute approximate surface area is 163 Å². The molecule has 0 aliphatic rings. The first-order valence-corrected chi connectivity index (χ1v) is 8.87. The van der Waals surface area contributed by atoms with Crippen LogP contribution in [0.1, 0.15) is 23.6 Å². The molecule has 0 aromatic heterocycles. The van der Waals surface area contributed by atoms with E-state index in [1.807, 2.05) is 0 Å². The molecule has 2 aromatic carbocycles. The van der Waals surface area contributed by atoms with E-state index in [2.05, 4.69) is 15.9 Å². The fourth-order valence-electron chi connectivity index (χ4n) is 2.37. The standard InChI is InChI=1S/C19H17BrF3NO3/c1-2-27-18(26)17(25)24(12-14-5-3-4-6-16(14)20)11-13-7-9-15(10-8-13)19(21,22)23/h3-10H,2,11-12H2,1H3. The molecule has 27 heavy (non-hydrogen) atoms. The molecule has 0 saturated heterocycles. The van der Waals surface area contributed by atoms with Crippen molar-refractivity contribution >= 4 is 27.8 Å². The average Bonchev–Trinajstić information content (AvgIpc) is 2.62. The molecule has 0 saturated carbocycles. The highest BCUT2D eigenvalue weighted by Gasteiger charge is 2.30. The molecule has 144 valence electrons. The Balaban J connectivity index is 2.25. The van der Waals surface area contributed by atoms with Gasteiger partial charge in [-0.05, 0) is 36.2 Å². The van der Waals surface area contributed by atoms with Gasteiger partial charge in [-0.2, -0.15) is 13.2 Å². The Morgan fingerprint density at radius 3 is 2.22 bits per heavy atom. The molecule has 2 rings (SSSR count). The van der Waals surface area contributed by atoms with E-state index in [0.29, 0.717) is 5.56 Å². The number of esters is 1. The van der Waals surface area contributed by atoms with Gasteiger partial charge in [0.1, 0.15) is 0 Å². The molecule has 0 radical (unpaired) electrons. The third-order valence-electron chi connectivity index (χ3n) is 3.71. The molecule has 0 fully saturated rings. The molecule has 0 bridgehead atoms. The third kappa shape index (κ3) is 5.82. The maximum atomic E-state index is 12.7. The lowest BCUT2D eigenvalue weighted by Crippen LogP contribution is -2.36. The number of hydrogen-bond acceptors (Lipinski definition) is 3. The van der Waals surface area contributed by atoms with E-state index in [0.717, 1.165) is 22.2 Å². The number of benzene rings is 2. The van der Waals surface area contributed by atoms with Crippen LogP contribution in [0.3, 0.4) is 0 Å². The van der Waals surface area contributed by atoms with Gasteiger partial charge in [-0.15, -0.1) is 0 Å². The van der Waals surface area contributed by atoms with E-state index in [-0.39, 0.29) is 19.7 Å². The van der Waals surface area contributed by atoms with Crippen LogP contribution < -0.4 is 0 Å². The fourth-order valence-corrected chi connectivity index (χ4v) is 2.78. The Bertz CT molecular complexity index is 807. The number of carbonyl (C=O) groups excluding carboxylic acids is 2. The molecule has 8 heteroatoms. The number of hydrogen-bond donors (Lipinski definition) is 0. The van der Waals surface area contributed by atoms with Crippen LogP contribution in [0.4, 0.5) is 13.2 Å². The van der Waals surface area contributed by atoms with Crippen molar-refractivity contribution in [3.8, 4) is 0 Å². The van der Waals surface area contributed by atoms with Crippen LogP contribution in [0, 0.1) is 0 Å². The largest absolute Gasteiger partial charge is 0.459 e. The SMILES string of the molecule is CCOC(=O)C(=O)N(Cc1ccc(C(F)(F)F)cc1)Cc1ccccc1Br. The van der Waals surface area contributed by atoms with Crippen LogP contribution in [0.2, 0.25) is 0 Å². The van der Waals surface area contributed by atoms with Crippen LogP contribution in [0.5, 0.6) is 0 Å². The number of ether oxygens (including phenoxy) is 1. The minimum atomic E-state index is -4.44. The summed E-state index contributed by atoms with van der Waals surface area (Å²) in [5, 5.41) is 0. The second-order valence-corrected chi connectivity index (χ2v) is 6.52. The molecule has 4 nitrogen and oxygen atoms in total. The average molecular weight is 444 g/mol. The van der Waals surface area contributed by atoms with Gasteiger partial charge in [0, 0.05) is 17.6 Å². The van der Waals surface area contributed by atoms with Gasteiger partial charge in [-0.25, -0.2) is 4.79 Å². The molecule has 0 heterocycles. The first kappa shape index (κ1) is 21.0. The molecule has 0 atom stereocenters. The maximum absolute atomic E-state index is 12.7. The van der Waals surface area contributed by atoms with Gasteiger partial charge in [-0.3, -0.25) is 4.79 Å². The van der Waals surface area contributed by atoms with Gasteiger partial charge in [-0.1, -0.05) is 46.3 Å². The van der Waals surface area contributed by atoms with Gasteiger partial charge < -0.3 is 9.64 Å².